The van der Waals surface area contributed by atoms with Crippen LogP contribution in [0.5, 0.6) is 0 Å². The molecule has 0 aliphatic carbocycles. The van der Waals surface area contributed by atoms with E-state index in [-0.39, 0.29) is 13.2 Å². The number of amides is 1. The number of nitrogens with one attached hydrogen (secondary N) is 2. The lowest BCUT2D eigenvalue weighted by Crippen LogP contribution is -2.46. The number of carbonyl (C=O) groups excluding carboxylic acids is 1. The molecule has 1 saturated heterocycles. The van der Waals surface area contributed by atoms with E-state index in [9.17, 15) is 19.5 Å². The Morgan fingerprint density at radius 2 is 1.83 bits per heavy atom. The molecule has 1 amide bonds. The van der Waals surface area contributed by atoms with E-state index >= 15 is 0 Å². The quantitative estimate of drug-likeness (QED) is 0.263. The lowest BCUT2D eigenvalue weighted by Gasteiger charge is -2.33. The molecular formula is C29H32N6O6. The fourth-order valence-corrected chi connectivity index (χ4v) is 4.86. The predicted molar refractivity (Wildman–Crippen MR) is 152 cm³/mol. The lowest BCUT2D eigenvalue weighted by atomic mass is 9.96. The van der Waals surface area contributed by atoms with Crippen LogP contribution < -0.4 is 21.2 Å². The summed E-state index contributed by atoms with van der Waals surface area (Å²) in [6.45, 7) is 3.72. The number of carboxylic acids is 1. The number of rotatable bonds is 10. The fraction of sp³-hybridized carbons (Fsp3) is 0.345. The van der Waals surface area contributed by atoms with Gasteiger partial charge in [0, 0.05) is 31.4 Å². The van der Waals surface area contributed by atoms with Gasteiger partial charge in [-0.1, -0.05) is 42.5 Å². The van der Waals surface area contributed by atoms with Crippen molar-refractivity contribution in [3.05, 3.63) is 82.4 Å². The molecule has 0 unspecified atom stereocenters. The molecule has 2 aromatic heterocycles. The Labute approximate surface area is 236 Å². The average molecular weight is 561 g/mol. The van der Waals surface area contributed by atoms with Gasteiger partial charge in [0.2, 0.25) is 0 Å². The van der Waals surface area contributed by atoms with Crippen molar-refractivity contribution in [3.63, 3.8) is 0 Å². The highest BCUT2D eigenvalue weighted by molar-refractivity contribution is 5.79. The van der Waals surface area contributed by atoms with Crippen LogP contribution in [0.2, 0.25) is 0 Å². The van der Waals surface area contributed by atoms with Crippen LogP contribution in [0.4, 0.5) is 16.6 Å². The van der Waals surface area contributed by atoms with Gasteiger partial charge in [0.15, 0.2) is 5.58 Å². The van der Waals surface area contributed by atoms with Gasteiger partial charge in [-0.2, -0.15) is 9.97 Å². The summed E-state index contributed by atoms with van der Waals surface area (Å²) in [5.74, 6) is -0.298. The zero-order valence-electron chi connectivity index (χ0n) is 22.7. The van der Waals surface area contributed by atoms with E-state index in [2.05, 4.69) is 25.5 Å². The Bertz CT molecular complexity index is 1530. The van der Waals surface area contributed by atoms with Crippen LogP contribution >= 0.6 is 0 Å². The molecule has 3 N–H and O–H groups in total. The van der Waals surface area contributed by atoms with Gasteiger partial charge in [-0.15, -0.1) is 0 Å². The van der Waals surface area contributed by atoms with Crippen LogP contribution in [0, 0.1) is 12.8 Å². The molecule has 1 aliphatic rings. The first-order valence-corrected chi connectivity index (χ1v) is 13.5. The van der Waals surface area contributed by atoms with Crippen LogP contribution in [0.3, 0.4) is 0 Å². The summed E-state index contributed by atoms with van der Waals surface area (Å²) < 4.78 is 12.1. The van der Waals surface area contributed by atoms with E-state index < -0.39 is 23.8 Å². The Hall–Kier alpha value is -4.87. The Morgan fingerprint density at radius 3 is 2.56 bits per heavy atom. The zero-order chi connectivity index (χ0) is 28.8. The summed E-state index contributed by atoms with van der Waals surface area (Å²) in [4.78, 5) is 47.7. The Morgan fingerprint density at radius 1 is 1.10 bits per heavy atom. The number of nitrogens with zero attached hydrogens (tertiary/aromatic N) is 4. The van der Waals surface area contributed by atoms with Gasteiger partial charge < -0.3 is 29.8 Å². The molecule has 0 bridgehead atoms. The number of benzene rings is 2. The molecular weight excluding hydrogens is 528 g/mol. The number of para-hydroxylation sites is 2. The van der Waals surface area contributed by atoms with Crippen LogP contribution in [0.15, 0.2) is 70.0 Å². The molecule has 0 spiro atoms. The minimum atomic E-state index is -1.37. The summed E-state index contributed by atoms with van der Waals surface area (Å²) in [5.41, 5.74) is 2.48. The second-order valence-corrected chi connectivity index (χ2v) is 10.1. The van der Waals surface area contributed by atoms with Crippen molar-refractivity contribution in [2.45, 2.75) is 39.0 Å². The number of fused-ring (bicyclic) bond motifs is 1. The number of hydrogen-bond donors (Lipinski definition) is 3. The third kappa shape index (κ3) is 7.02. The maximum Gasteiger partial charge on any atom is 0.408 e. The number of aliphatic carboxylic acids is 1. The molecule has 4 aromatic rings. The molecule has 1 atom stereocenters. The highest BCUT2D eigenvalue weighted by atomic mass is 16.5. The number of anilines is 2. The van der Waals surface area contributed by atoms with Gasteiger partial charge in [0.1, 0.15) is 24.0 Å². The Balaban J connectivity index is 1.14. The van der Waals surface area contributed by atoms with Crippen molar-refractivity contribution >= 4 is 35.0 Å². The maximum absolute atomic E-state index is 12.8. The smallest absolute Gasteiger partial charge is 0.408 e. The summed E-state index contributed by atoms with van der Waals surface area (Å²) >= 11 is 0. The average Bonchev–Trinajstić information content (AvgIpc) is 3.40. The molecule has 1 aliphatic heterocycles. The lowest BCUT2D eigenvalue weighted by molar-refractivity contribution is -0.139. The SMILES string of the molecule is Cc1cn(C[C@H](NC(=O)OCc2ccccc2)C(=O)O)c(=O)nc1N1CCC(CNc2nc3ccccc3o2)CC1. The van der Waals surface area contributed by atoms with Gasteiger partial charge >= 0.3 is 17.8 Å². The third-order valence-corrected chi connectivity index (χ3v) is 7.08. The van der Waals surface area contributed by atoms with Gasteiger partial charge in [-0.25, -0.2) is 14.4 Å². The van der Waals surface area contributed by atoms with Crippen LogP contribution in [0.1, 0.15) is 24.0 Å². The van der Waals surface area contributed by atoms with Crippen molar-refractivity contribution < 1.29 is 23.8 Å². The minimum Gasteiger partial charge on any atom is -0.480 e. The minimum absolute atomic E-state index is 0.00211. The number of carboxylic acid groups (broad SMARTS) is 1. The van der Waals surface area contributed by atoms with E-state index in [0.29, 0.717) is 17.8 Å². The molecule has 5 rings (SSSR count). The number of carbonyl (C=O) groups is 2. The first-order valence-electron chi connectivity index (χ1n) is 13.5. The van der Waals surface area contributed by atoms with Crippen molar-refractivity contribution in [3.8, 4) is 0 Å². The third-order valence-electron chi connectivity index (χ3n) is 7.08. The number of piperidine rings is 1. The molecule has 0 radical (unpaired) electrons. The number of aryl methyl sites for hydroxylation is 1. The molecule has 12 heteroatoms. The highest BCUT2D eigenvalue weighted by Gasteiger charge is 2.25. The van der Waals surface area contributed by atoms with Gasteiger partial charge in [-0.05, 0) is 43.4 Å². The molecule has 41 heavy (non-hydrogen) atoms. The normalized spacial score (nSPS) is 14.5. The van der Waals surface area contributed by atoms with Crippen LogP contribution in [0.25, 0.3) is 11.1 Å². The maximum atomic E-state index is 12.8. The number of hydrogen-bond acceptors (Lipinski definition) is 9. The van der Waals surface area contributed by atoms with E-state index in [1.54, 1.807) is 18.3 Å². The van der Waals surface area contributed by atoms with E-state index in [0.717, 1.165) is 54.7 Å². The van der Waals surface area contributed by atoms with Crippen LogP contribution in [-0.2, 0) is 22.7 Å². The van der Waals surface area contributed by atoms with E-state index in [4.69, 9.17) is 9.15 Å². The fourth-order valence-electron chi connectivity index (χ4n) is 4.86. The summed E-state index contributed by atoms with van der Waals surface area (Å²) in [7, 11) is 0. The van der Waals surface area contributed by atoms with Crippen molar-refractivity contribution in [2.24, 2.45) is 5.92 Å². The second-order valence-electron chi connectivity index (χ2n) is 10.1. The number of aromatic nitrogens is 3. The molecule has 1 fully saturated rings. The first-order chi connectivity index (χ1) is 19.9. The van der Waals surface area contributed by atoms with Gasteiger partial charge in [0.25, 0.3) is 6.01 Å². The monoisotopic (exact) mass is 560 g/mol. The number of ether oxygens (including phenoxy) is 1. The standard InChI is InChI=1S/C29H32N6O6/c1-19-16-35(17-23(26(36)37)32-29(39)40-18-21-7-3-2-4-8-21)28(38)33-25(19)34-13-11-20(12-14-34)15-30-27-31-22-9-5-6-10-24(22)41-27/h2-10,16,20,23H,11-15,17-18H2,1H3,(H,30,31)(H,32,39)(H,36,37)/t23-/m0/s1. The summed E-state index contributed by atoms with van der Waals surface area (Å²) in [6.07, 6.45) is 2.49. The highest BCUT2D eigenvalue weighted by Crippen LogP contribution is 2.25. The molecule has 0 saturated carbocycles. The van der Waals surface area contributed by atoms with E-state index in [1.165, 1.54) is 4.57 Å². The largest absolute Gasteiger partial charge is 0.480 e. The van der Waals surface area contributed by atoms with Crippen molar-refractivity contribution in [1.29, 1.82) is 0 Å². The molecule has 214 valence electrons. The second kappa shape index (κ2) is 12.5. The van der Waals surface area contributed by atoms with Crippen molar-refractivity contribution in [1.82, 2.24) is 19.9 Å². The van der Waals surface area contributed by atoms with Crippen molar-refractivity contribution in [2.75, 3.05) is 29.9 Å². The van der Waals surface area contributed by atoms with Crippen LogP contribution in [-0.4, -0.2) is 57.4 Å². The predicted octanol–water partition coefficient (Wildman–Crippen LogP) is 3.40. The van der Waals surface area contributed by atoms with E-state index in [1.807, 2.05) is 49.4 Å². The number of alkyl carbamates (subject to hydrolysis) is 1. The number of oxazole rings is 1. The molecule has 3 heterocycles. The summed E-state index contributed by atoms with van der Waals surface area (Å²) in [6, 6.07) is 15.8. The first kappa shape index (κ1) is 27.7. The summed E-state index contributed by atoms with van der Waals surface area (Å²) in [5, 5.41) is 15.2. The zero-order valence-corrected chi connectivity index (χ0v) is 22.7. The topological polar surface area (TPSA) is 152 Å². The molecule has 2 aromatic carbocycles. The van der Waals surface area contributed by atoms with Gasteiger partial charge in [-0.3, -0.25) is 4.57 Å². The molecule has 12 nitrogen and oxygen atoms in total. The Kier molecular flexibility index (Phi) is 8.47. The van der Waals surface area contributed by atoms with Gasteiger partial charge in [0.05, 0.1) is 6.54 Å².